The number of hydrogen-bond donors (Lipinski definition) is 1. The van der Waals surface area contributed by atoms with Crippen molar-refractivity contribution < 1.29 is 0 Å². The molecule has 1 aromatic rings. The zero-order chi connectivity index (χ0) is 12.4. The van der Waals surface area contributed by atoms with E-state index in [1.165, 1.54) is 0 Å². The van der Waals surface area contributed by atoms with E-state index >= 15 is 0 Å². The van der Waals surface area contributed by atoms with Gasteiger partial charge in [0, 0.05) is 10.6 Å². The van der Waals surface area contributed by atoms with Crippen LogP contribution in [0.1, 0.15) is 46.1 Å². The molecule has 90 valence electrons. The van der Waals surface area contributed by atoms with Gasteiger partial charge in [-0.2, -0.15) is 0 Å². The first kappa shape index (κ1) is 13.5. The molecule has 0 heterocycles. The van der Waals surface area contributed by atoms with Gasteiger partial charge in [-0.05, 0) is 36.8 Å². The number of halogens is 1. The highest BCUT2D eigenvalue weighted by atomic mass is 35.5. The minimum Gasteiger partial charge on any atom is -0.322 e. The third kappa shape index (κ3) is 3.80. The van der Waals surface area contributed by atoms with Crippen LogP contribution in [0.4, 0.5) is 0 Å². The molecule has 1 nitrogen and oxygen atoms in total. The molecule has 1 rings (SSSR count). The lowest BCUT2D eigenvalue weighted by Gasteiger charge is -2.30. The number of hydrogen-bond acceptors (Lipinski definition) is 1. The van der Waals surface area contributed by atoms with Crippen LogP contribution in [0, 0.1) is 5.41 Å². The van der Waals surface area contributed by atoms with Crippen LogP contribution in [-0.2, 0) is 5.54 Å². The monoisotopic (exact) mass is 239 g/mol. The van der Waals surface area contributed by atoms with Crippen molar-refractivity contribution in [1.82, 2.24) is 0 Å². The molecule has 0 saturated heterocycles. The SMILES string of the molecule is CC(C)(C)CCC(C)(N)c1ccccc1Cl. The molecule has 0 saturated carbocycles. The normalized spacial score (nSPS) is 15.9. The van der Waals surface area contributed by atoms with Gasteiger partial charge in [0.15, 0.2) is 0 Å². The average Bonchev–Trinajstić information content (AvgIpc) is 2.14. The fourth-order valence-corrected chi connectivity index (χ4v) is 2.05. The smallest absolute Gasteiger partial charge is 0.0456 e. The third-order valence-electron chi connectivity index (χ3n) is 2.88. The zero-order valence-corrected chi connectivity index (χ0v) is 11.4. The standard InChI is InChI=1S/C14H22ClN/c1-13(2,3)9-10-14(4,16)11-7-5-6-8-12(11)15/h5-8H,9-10,16H2,1-4H3. The van der Waals surface area contributed by atoms with Crippen molar-refractivity contribution in [2.24, 2.45) is 11.1 Å². The van der Waals surface area contributed by atoms with Crippen molar-refractivity contribution in [3.05, 3.63) is 34.9 Å². The second kappa shape index (κ2) is 4.77. The lowest BCUT2D eigenvalue weighted by molar-refractivity contribution is 0.307. The molecule has 2 N–H and O–H groups in total. The Morgan fingerprint density at radius 2 is 1.62 bits per heavy atom. The van der Waals surface area contributed by atoms with Crippen LogP contribution in [0.15, 0.2) is 24.3 Å². The number of nitrogens with two attached hydrogens (primary N) is 1. The zero-order valence-electron chi connectivity index (χ0n) is 10.7. The third-order valence-corrected chi connectivity index (χ3v) is 3.21. The van der Waals surface area contributed by atoms with E-state index in [1.54, 1.807) is 0 Å². The predicted molar refractivity (Wildman–Crippen MR) is 71.7 cm³/mol. The Balaban J connectivity index is 2.82. The van der Waals surface area contributed by atoms with Gasteiger partial charge in [-0.25, -0.2) is 0 Å². The van der Waals surface area contributed by atoms with Crippen molar-refractivity contribution in [3.8, 4) is 0 Å². The minimum atomic E-state index is -0.342. The molecule has 0 aromatic heterocycles. The fraction of sp³-hybridized carbons (Fsp3) is 0.571. The molecule has 0 spiro atoms. The number of rotatable bonds is 3. The molecule has 0 aliphatic heterocycles. The first-order valence-corrected chi connectivity index (χ1v) is 6.14. The van der Waals surface area contributed by atoms with Crippen LogP contribution in [-0.4, -0.2) is 0 Å². The summed E-state index contributed by atoms with van der Waals surface area (Å²) in [7, 11) is 0. The van der Waals surface area contributed by atoms with Crippen molar-refractivity contribution in [3.63, 3.8) is 0 Å². The van der Waals surface area contributed by atoms with Gasteiger partial charge >= 0.3 is 0 Å². The van der Waals surface area contributed by atoms with Crippen molar-refractivity contribution in [1.29, 1.82) is 0 Å². The quantitative estimate of drug-likeness (QED) is 0.834. The van der Waals surface area contributed by atoms with Crippen molar-refractivity contribution >= 4 is 11.6 Å². The van der Waals surface area contributed by atoms with Crippen LogP contribution in [0.3, 0.4) is 0 Å². The Morgan fingerprint density at radius 1 is 1.06 bits per heavy atom. The molecule has 1 unspecified atom stereocenters. The number of benzene rings is 1. The Kier molecular flexibility index (Phi) is 4.03. The van der Waals surface area contributed by atoms with E-state index in [2.05, 4.69) is 27.7 Å². The van der Waals surface area contributed by atoms with E-state index in [1.807, 2.05) is 24.3 Å². The average molecular weight is 240 g/mol. The molecule has 0 radical (unpaired) electrons. The van der Waals surface area contributed by atoms with Crippen LogP contribution in [0.5, 0.6) is 0 Å². The highest BCUT2D eigenvalue weighted by Crippen LogP contribution is 2.33. The Labute approximate surface area is 104 Å². The summed E-state index contributed by atoms with van der Waals surface area (Å²) in [5, 5.41) is 0.765. The minimum absolute atomic E-state index is 0.307. The topological polar surface area (TPSA) is 26.0 Å². The van der Waals surface area contributed by atoms with Crippen LogP contribution < -0.4 is 5.73 Å². The Bertz CT molecular complexity index is 350. The first-order chi connectivity index (χ1) is 7.22. The molecule has 2 heteroatoms. The van der Waals surface area contributed by atoms with Gasteiger partial charge in [0.2, 0.25) is 0 Å². The van der Waals surface area contributed by atoms with Crippen LogP contribution in [0.2, 0.25) is 5.02 Å². The summed E-state index contributed by atoms with van der Waals surface area (Å²) in [6.45, 7) is 8.75. The van der Waals surface area contributed by atoms with Crippen molar-refractivity contribution in [2.75, 3.05) is 0 Å². The van der Waals surface area contributed by atoms with Crippen LogP contribution in [0.25, 0.3) is 0 Å². The summed E-state index contributed by atoms with van der Waals surface area (Å²) in [4.78, 5) is 0. The van der Waals surface area contributed by atoms with E-state index in [-0.39, 0.29) is 5.54 Å². The summed E-state index contributed by atoms with van der Waals surface area (Å²) in [5.74, 6) is 0. The molecule has 1 atom stereocenters. The van der Waals surface area contributed by atoms with Gasteiger partial charge in [0.1, 0.15) is 0 Å². The van der Waals surface area contributed by atoms with Gasteiger partial charge in [-0.15, -0.1) is 0 Å². The summed E-state index contributed by atoms with van der Waals surface area (Å²) < 4.78 is 0. The largest absolute Gasteiger partial charge is 0.322 e. The maximum atomic E-state index is 6.36. The molecule has 0 aliphatic carbocycles. The molecular weight excluding hydrogens is 218 g/mol. The predicted octanol–water partition coefficient (Wildman–Crippen LogP) is 4.34. The Hall–Kier alpha value is -0.530. The van der Waals surface area contributed by atoms with E-state index in [0.717, 1.165) is 23.4 Å². The fourth-order valence-electron chi connectivity index (χ4n) is 1.69. The molecule has 0 fully saturated rings. The van der Waals surface area contributed by atoms with E-state index in [9.17, 15) is 0 Å². The van der Waals surface area contributed by atoms with E-state index in [0.29, 0.717) is 5.41 Å². The van der Waals surface area contributed by atoms with Crippen molar-refractivity contribution in [2.45, 2.75) is 46.1 Å². The molecular formula is C14H22ClN. The highest BCUT2D eigenvalue weighted by Gasteiger charge is 2.25. The van der Waals surface area contributed by atoms with Gasteiger partial charge in [-0.1, -0.05) is 50.6 Å². The summed E-state index contributed by atoms with van der Waals surface area (Å²) in [6.07, 6.45) is 2.03. The Morgan fingerprint density at radius 3 is 2.12 bits per heavy atom. The van der Waals surface area contributed by atoms with Crippen LogP contribution >= 0.6 is 11.6 Å². The molecule has 1 aromatic carbocycles. The lowest BCUT2D eigenvalue weighted by Crippen LogP contribution is -2.34. The second-order valence-corrected chi connectivity index (χ2v) is 6.37. The molecule has 16 heavy (non-hydrogen) atoms. The summed E-state index contributed by atoms with van der Waals surface area (Å²) in [5.41, 5.74) is 7.37. The first-order valence-electron chi connectivity index (χ1n) is 5.76. The molecule has 0 aliphatic rings. The lowest BCUT2D eigenvalue weighted by atomic mass is 9.81. The maximum absolute atomic E-state index is 6.36. The van der Waals surface area contributed by atoms with Gasteiger partial charge < -0.3 is 5.73 Å². The maximum Gasteiger partial charge on any atom is 0.0456 e. The van der Waals surface area contributed by atoms with E-state index < -0.39 is 0 Å². The molecule has 0 bridgehead atoms. The van der Waals surface area contributed by atoms with Gasteiger partial charge in [0.05, 0.1) is 0 Å². The van der Waals surface area contributed by atoms with E-state index in [4.69, 9.17) is 17.3 Å². The highest BCUT2D eigenvalue weighted by molar-refractivity contribution is 6.31. The summed E-state index contributed by atoms with van der Waals surface area (Å²) >= 11 is 6.18. The molecule has 0 amide bonds. The summed E-state index contributed by atoms with van der Waals surface area (Å²) in [6, 6.07) is 7.85. The van der Waals surface area contributed by atoms with Gasteiger partial charge in [-0.3, -0.25) is 0 Å². The second-order valence-electron chi connectivity index (χ2n) is 5.96. The van der Waals surface area contributed by atoms with Gasteiger partial charge in [0.25, 0.3) is 0 Å².